The van der Waals surface area contributed by atoms with E-state index in [9.17, 15) is 25.9 Å². The van der Waals surface area contributed by atoms with Crippen LogP contribution in [0, 0.1) is 6.92 Å². The first-order valence-electron chi connectivity index (χ1n) is 14.2. The predicted molar refractivity (Wildman–Crippen MR) is 181 cm³/mol. The second-order valence-corrected chi connectivity index (χ2v) is 14.0. The molecule has 47 heavy (non-hydrogen) atoms. The van der Waals surface area contributed by atoms with Crippen molar-refractivity contribution in [1.29, 1.82) is 0 Å². The van der Waals surface area contributed by atoms with Gasteiger partial charge in [-0.15, -0.1) is 0 Å². The maximum absolute atomic E-state index is 11.5. The molecular weight excluding hydrogens is 667 g/mol. The van der Waals surface area contributed by atoms with E-state index < -0.39 is 20.2 Å². The van der Waals surface area contributed by atoms with Gasteiger partial charge in [0.15, 0.2) is 0 Å². The minimum absolute atomic E-state index is 0. The Morgan fingerprint density at radius 3 is 2.19 bits per heavy atom. The van der Waals surface area contributed by atoms with Gasteiger partial charge in [0.25, 0.3) is 10.1 Å². The summed E-state index contributed by atoms with van der Waals surface area (Å²) in [6.07, 6.45) is 5.91. The van der Waals surface area contributed by atoms with E-state index >= 15 is 0 Å². The summed E-state index contributed by atoms with van der Waals surface area (Å²) in [7, 11) is -8.85. The average Bonchev–Trinajstić information content (AvgIpc) is 3.01. The Bertz CT molecular complexity index is 2180. The Kier molecular flexibility index (Phi) is 11.9. The summed E-state index contributed by atoms with van der Waals surface area (Å²) in [5, 5.41) is 3.92. The minimum atomic E-state index is -4.54. The molecule has 0 atom stereocenters. The number of rotatable bonds is 9. The zero-order chi connectivity index (χ0) is 33.1. The number of nitrogens with one attached hydrogen (secondary N) is 1. The number of allylic oxidation sites excluding steroid dienone is 5. The molecule has 0 fully saturated rings. The fraction of sp³-hybridized carbons (Fsp3) is 0.114. The molecule has 5 rings (SSSR count). The topological polar surface area (TPSA) is 136 Å². The first-order valence-corrected chi connectivity index (χ1v) is 17.4. The molecule has 0 aromatic heterocycles. The number of nitrogens with zero attached hydrogens (tertiary/aromatic N) is 1. The largest absolute Gasteiger partial charge is 1.00 e. The zero-order valence-corrected chi connectivity index (χ0v) is 30.3. The molecule has 236 valence electrons. The third-order valence-corrected chi connectivity index (χ3v) is 9.45. The standard InChI is InChI=1S/C35H31ClN2O6S2.Na/c1-23-17-27(13-15-33(23)37-21-25-7-5-9-29(19-25)45(39,40)41)35(31-11-3-4-12-32(31)36)28-14-16-34(24(2)18-28)38-22-26-8-6-10-30(20-26)46(42,43)44;/h3-20,37H,21-22H2,1-2H3,(H,39,40,41)(H,42,43,44);/q;+1/p-1. The van der Waals surface area contributed by atoms with Crippen molar-refractivity contribution in [3.8, 4) is 0 Å². The van der Waals surface area contributed by atoms with Crippen LogP contribution in [-0.4, -0.2) is 31.7 Å². The number of aliphatic imine (C=N–C) groups is 1. The Morgan fingerprint density at radius 2 is 1.53 bits per heavy atom. The maximum atomic E-state index is 11.5. The molecule has 0 bridgehead atoms. The summed E-state index contributed by atoms with van der Waals surface area (Å²) in [5.41, 5.74) is 8.39. The van der Waals surface area contributed by atoms with Gasteiger partial charge in [-0.3, -0.25) is 9.55 Å². The Hall–Kier alpha value is -3.32. The smallest absolute Gasteiger partial charge is 0.744 e. The molecule has 1 aliphatic rings. The summed E-state index contributed by atoms with van der Waals surface area (Å²) < 4.78 is 66.7. The summed E-state index contributed by atoms with van der Waals surface area (Å²) in [6.45, 7) is 4.48. The van der Waals surface area contributed by atoms with Crippen LogP contribution in [0.25, 0.3) is 5.57 Å². The second-order valence-electron chi connectivity index (χ2n) is 10.8. The van der Waals surface area contributed by atoms with Crippen LogP contribution < -0.4 is 34.9 Å². The Morgan fingerprint density at radius 1 is 0.851 bits per heavy atom. The number of anilines is 1. The van der Waals surface area contributed by atoms with Crippen LogP contribution in [0.2, 0.25) is 5.02 Å². The van der Waals surface area contributed by atoms with Crippen molar-refractivity contribution in [2.75, 3.05) is 5.32 Å². The van der Waals surface area contributed by atoms with E-state index in [1.807, 2.05) is 68.5 Å². The third-order valence-electron chi connectivity index (χ3n) is 7.44. The average molecular weight is 697 g/mol. The molecule has 12 heteroatoms. The zero-order valence-electron chi connectivity index (χ0n) is 25.9. The SMILES string of the molecule is CC1=CC(=C(c2ccc(NCc3cccc(S(=O)(=O)[O-])c3)c(C)c2)c2ccccc2Cl)C=CC1=NCc1cccc(S(=O)(=O)O)c1.[Na+]. The minimum Gasteiger partial charge on any atom is -0.744 e. The van der Waals surface area contributed by atoms with Crippen LogP contribution >= 0.6 is 11.6 Å². The van der Waals surface area contributed by atoms with E-state index in [-0.39, 0.29) is 45.9 Å². The fourth-order valence-corrected chi connectivity index (χ4v) is 6.46. The van der Waals surface area contributed by atoms with Gasteiger partial charge < -0.3 is 9.87 Å². The van der Waals surface area contributed by atoms with Crippen molar-refractivity contribution in [1.82, 2.24) is 0 Å². The van der Waals surface area contributed by atoms with Crippen molar-refractivity contribution >= 4 is 48.8 Å². The van der Waals surface area contributed by atoms with Crippen molar-refractivity contribution in [3.63, 3.8) is 0 Å². The molecule has 4 aromatic rings. The van der Waals surface area contributed by atoms with Crippen LogP contribution in [0.1, 0.15) is 34.7 Å². The van der Waals surface area contributed by atoms with E-state index in [1.165, 1.54) is 24.3 Å². The molecule has 8 nitrogen and oxygen atoms in total. The summed E-state index contributed by atoms with van der Waals surface area (Å²) in [6, 6.07) is 25.6. The van der Waals surface area contributed by atoms with Gasteiger partial charge in [0.2, 0.25) is 0 Å². The number of halogens is 1. The van der Waals surface area contributed by atoms with Crippen LogP contribution in [0.4, 0.5) is 5.69 Å². The first-order chi connectivity index (χ1) is 21.8. The molecule has 4 aromatic carbocycles. The number of hydrogen-bond donors (Lipinski definition) is 2. The Labute approximate surface area is 302 Å². The van der Waals surface area contributed by atoms with E-state index in [0.29, 0.717) is 22.7 Å². The fourth-order valence-electron chi connectivity index (χ4n) is 5.14. The molecule has 0 heterocycles. The van der Waals surface area contributed by atoms with Gasteiger partial charge in [-0.25, -0.2) is 8.42 Å². The van der Waals surface area contributed by atoms with E-state index in [4.69, 9.17) is 11.6 Å². The van der Waals surface area contributed by atoms with Gasteiger partial charge in [0, 0.05) is 22.8 Å². The van der Waals surface area contributed by atoms with Crippen LogP contribution in [0.15, 0.2) is 135 Å². The molecule has 0 saturated heterocycles. The maximum Gasteiger partial charge on any atom is 1.00 e. The monoisotopic (exact) mass is 696 g/mol. The molecule has 0 unspecified atom stereocenters. The summed E-state index contributed by atoms with van der Waals surface area (Å²) >= 11 is 6.71. The van der Waals surface area contributed by atoms with Crippen LogP contribution in [-0.2, 0) is 33.3 Å². The molecule has 0 saturated carbocycles. The number of hydrogen-bond acceptors (Lipinski definition) is 7. The molecule has 0 aliphatic heterocycles. The van der Waals surface area contributed by atoms with Crippen LogP contribution in [0.3, 0.4) is 0 Å². The molecule has 0 amide bonds. The number of aryl methyl sites for hydroxylation is 1. The van der Waals surface area contributed by atoms with Gasteiger partial charge >= 0.3 is 29.6 Å². The van der Waals surface area contributed by atoms with Crippen LogP contribution in [0.5, 0.6) is 0 Å². The molecule has 0 radical (unpaired) electrons. The number of benzene rings is 4. The molecule has 0 spiro atoms. The molecule has 2 N–H and O–H groups in total. The van der Waals surface area contributed by atoms with Gasteiger partial charge in [-0.1, -0.05) is 66.2 Å². The van der Waals surface area contributed by atoms with E-state index in [1.54, 1.807) is 24.3 Å². The molecule has 1 aliphatic carbocycles. The van der Waals surface area contributed by atoms with Crippen molar-refractivity contribution in [3.05, 3.63) is 153 Å². The van der Waals surface area contributed by atoms with Gasteiger partial charge in [0.1, 0.15) is 10.1 Å². The predicted octanol–water partition coefficient (Wildman–Crippen LogP) is 4.37. The van der Waals surface area contributed by atoms with Crippen molar-refractivity contribution in [2.45, 2.75) is 36.7 Å². The van der Waals surface area contributed by atoms with E-state index in [2.05, 4.69) is 16.4 Å². The van der Waals surface area contributed by atoms with Gasteiger partial charge in [-0.05, 0) is 107 Å². The van der Waals surface area contributed by atoms with Gasteiger partial charge in [0.05, 0.1) is 22.0 Å². The summed E-state index contributed by atoms with van der Waals surface area (Å²) in [5.74, 6) is 0. The van der Waals surface area contributed by atoms with Gasteiger partial charge in [-0.2, -0.15) is 8.42 Å². The quantitative estimate of drug-likeness (QED) is 0.196. The van der Waals surface area contributed by atoms with E-state index in [0.717, 1.165) is 44.8 Å². The first kappa shape index (κ1) is 36.5. The normalized spacial score (nSPS) is 15.2. The van der Waals surface area contributed by atoms with Crippen molar-refractivity contribution in [2.24, 2.45) is 4.99 Å². The second kappa shape index (κ2) is 15.3. The summed E-state index contributed by atoms with van der Waals surface area (Å²) in [4.78, 5) is 4.24. The third kappa shape index (κ3) is 9.19. The Balaban J connectivity index is 0.00000500. The van der Waals surface area contributed by atoms with Crippen molar-refractivity contribution < 1.29 is 55.5 Å². The molecular formula is C35H30ClN2NaO6S2.